The van der Waals surface area contributed by atoms with Gasteiger partial charge in [-0.05, 0) is 38.0 Å². The molecule has 2 aliphatic rings. The fourth-order valence-corrected chi connectivity index (χ4v) is 2.91. The number of aliphatic imine (C=N–C) groups is 1. The molecule has 0 unspecified atom stereocenters. The summed E-state index contributed by atoms with van der Waals surface area (Å²) in [5.41, 5.74) is 2.40. The molecule has 3 N–H and O–H groups in total. The number of halogens is 4. The average molecular weight is 359 g/mol. The highest BCUT2D eigenvalue weighted by Crippen LogP contribution is 2.58. The molecule has 1 fully saturated rings. The predicted octanol–water partition coefficient (Wildman–Crippen LogP) is 3.06. The molecule has 1 aliphatic heterocycles. The molecule has 1 atom stereocenters. The van der Waals surface area contributed by atoms with Gasteiger partial charge in [-0.1, -0.05) is 0 Å². The van der Waals surface area contributed by atoms with Crippen molar-refractivity contribution in [2.45, 2.75) is 37.9 Å². The van der Waals surface area contributed by atoms with E-state index in [0.717, 1.165) is 6.07 Å². The summed E-state index contributed by atoms with van der Waals surface area (Å²) in [6.07, 6.45) is -4.75. The van der Waals surface area contributed by atoms with Crippen molar-refractivity contribution in [3.05, 3.63) is 29.6 Å². The molecule has 136 valence electrons. The number of benzene rings is 1. The summed E-state index contributed by atoms with van der Waals surface area (Å²) in [7, 11) is 0. The Balaban J connectivity index is 1.88. The van der Waals surface area contributed by atoms with Crippen LogP contribution in [0.3, 0.4) is 0 Å². The number of nitrogens with one attached hydrogen (secondary N) is 1. The molecule has 0 saturated heterocycles. The number of nitrogens with two attached hydrogens (primary N) is 1. The number of carbonyl (C=O) groups excluding carboxylic acids is 1. The summed E-state index contributed by atoms with van der Waals surface area (Å²) in [4.78, 5) is 16.2. The van der Waals surface area contributed by atoms with Crippen LogP contribution in [0.15, 0.2) is 23.2 Å². The molecule has 0 bridgehead atoms. The maximum absolute atomic E-state index is 14.3. The van der Waals surface area contributed by atoms with Gasteiger partial charge in [-0.15, -0.1) is 0 Å². The lowest BCUT2D eigenvalue weighted by atomic mass is 9.88. The van der Waals surface area contributed by atoms with Crippen molar-refractivity contribution in [2.24, 2.45) is 16.1 Å². The fraction of sp³-hybridized carbons (Fsp3) is 0.500. The Morgan fingerprint density at radius 3 is 2.56 bits per heavy atom. The molecule has 1 saturated carbocycles. The highest BCUT2D eigenvalue weighted by molar-refractivity contribution is 5.97. The third-order valence-corrected chi connectivity index (χ3v) is 4.73. The van der Waals surface area contributed by atoms with E-state index in [1.54, 1.807) is 6.92 Å². The van der Waals surface area contributed by atoms with E-state index in [-0.39, 0.29) is 36.7 Å². The molecule has 3 rings (SSSR count). The van der Waals surface area contributed by atoms with Crippen LogP contribution in [0.2, 0.25) is 0 Å². The smallest absolute Gasteiger partial charge is 0.403 e. The normalized spacial score (nSPS) is 24.9. The molecular formula is C16H17F4N3O2. The summed E-state index contributed by atoms with van der Waals surface area (Å²) in [6, 6.07) is 3.52. The highest BCUT2D eigenvalue weighted by atomic mass is 19.4. The molecule has 1 amide bonds. The van der Waals surface area contributed by atoms with E-state index in [4.69, 9.17) is 10.5 Å². The van der Waals surface area contributed by atoms with Crippen molar-refractivity contribution in [2.75, 3.05) is 11.9 Å². The summed E-state index contributed by atoms with van der Waals surface area (Å²) in [6.45, 7) is 1.88. The van der Waals surface area contributed by atoms with Crippen molar-refractivity contribution in [3.63, 3.8) is 0 Å². The van der Waals surface area contributed by atoms with E-state index < -0.39 is 28.9 Å². The van der Waals surface area contributed by atoms with E-state index in [1.165, 1.54) is 12.1 Å². The molecule has 1 aromatic rings. The van der Waals surface area contributed by atoms with Gasteiger partial charge in [0.05, 0.1) is 12.1 Å². The van der Waals surface area contributed by atoms with Gasteiger partial charge in [0.15, 0.2) is 0 Å². The van der Waals surface area contributed by atoms with Gasteiger partial charge in [0.2, 0.25) is 5.91 Å². The van der Waals surface area contributed by atoms with Crippen LogP contribution in [0.4, 0.5) is 23.2 Å². The van der Waals surface area contributed by atoms with E-state index in [9.17, 15) is 22.4 Å². The number of hydrogen-bond donors (Lipinski definition) is 2. The lowest BCUT2D eigenvalue weighted by Crippen LogP contribution is -2.37. The number of nitrogens with zero attached hydrogens (tertiary/aromatic N) is 1. The lowest BCUT2D eigenvalue weighted by Gasteiger charge is -2.30. The van der Waals surface area contributed by atoms with Crippen LogP contribution >= 0.6 is 0 Å². The molecule has 1 aromatic carbocycles. The Morgan fingerprint density at radius 2 is 2.00 bits per heavy atom. The minimum atomic E-state index is -4.61. The number of amides is 1. The predicted molar refractivity (Wildman–Crippen MR) is 82.3 cm³/mol. The van der Waals surface area contributed by atoms with Crippen molar-refractivity contribution in [3.8, 4) is 0 Å². The number of rotatable bonds is 3. The molecular weight excluding hydrogens is 342 g/mol. The second-order valence-corrected chi connectivity index (χ2v) is 6.55. The molecule has 0 spiro atoms. The number of alkyl halides is 3. The molecule has 1 heterocycles. The molecule has 0 radical (unpaired) electrons. The average Bonchev–Trinajstić information content (AvgIpc) is 3.30. The maximum atomic E-state index is 14.3. The monoisotopic (exact) mass is 359 g/mol. The Labute approximate surface area is 141 Å². The first-order chi connectivity index (χ1) is 11.6. The van der Waals surface area contributed by atoms with E-state index in [1.807, 2.05) is 0 Å². The number of carbonyl (C=O) groups is 1. The van der Waals surface area contributed by atoms with Crippen molar-refractivity contribution in [1.82, 2.24) is 0 Å². The number of anilines is 1. The summed E-state index contributed by atoms with van der Waals surface area (Å²) < 4.78 is 58.3. The summed E-state index contributed by atoms with van der Waals surface area (Å²) >= 11 is 0. The van der Waals surface area contributed by atoms with Crippen LogP contribution in [0.5, 0.6) is 0 Å². The van der Waals surface area contributed by atoms with Gasteiger partial charge in [-0.25, -0.2) is 9.38 Å². The van der Waals surface area contributed by atoms with E-state index >= 15 is 0 Å². The highest BCUT2D eigenvalue weighted by Gasteiger charge is 2.68. The lowest BCUT2D eigenvalue weighted by molar-refractivity contribution is -0.189. The molecule has 5 nitrogen and oxygen atoms in total. The Morgan fingerprint density at radius 1 is 1.32 bits per heavy atom. The van der Waals surface area contributed by atoms with Crippen LogP contribution in [0.25, 0.3) is 0 Å². The van der Waals surface area contributed by atoms with Gasteiger partial charge in [0.25, 0.3) is 6.02 Å². The van der Waals surface area contributed by atoms with Crippen LogP contribution in [-0.4, -0.2) is 24.7 Å². The second-order valence-electron chi connectivity index (χ2n) is 6.55. The Kier molecular flexibility index (Phi) is 3.92. The number of hydrogen-bond acceptors (Lipinski definition) is 4. The van der Waals surface area contributed by atoms with Gasteiger partial charge in [-0.3, -0.25) is 4.79 Å². The molecule has 0 aromatic heterocycles. The maximum Gasteiger partial charge on any atom is 0.403 e. The first-order valence-corrected chi connectivity index (χ1v) is 7.74. The summed E-state index contributed by atoms with van der Waals surface area (Å²) in [5.74, 6) is -1.71. The number of ether oxygens (including phenoxy) is 1. The SMILES string of the molecule is C[C@@]1(c2cc(NC(=O)C3(C(F)(F)F)CC3)ccc2F)CCOC(N)=N1. The van der Waals surface area contributed by atoms with Gasteiger partial charge >= 0.3 is 6.18 Å². The van der Waals surface area contributed by atoms with Gasteiger partial charge in [-0.2, -0.15) is 13.2 Å². The van der Waals surface area contributed by atoms with Crippen molar-refractivity contribution < 1.29 is 27.1 Å². The summed E-state index contributed by atoms with van der Waals surface area (Å²) in [5, 5.41) is 2.25. The van der Waals surface area contributed by atoms with Gasteiger partial charge in [0.1, 0.15) is 11.2 Å². The van der Waals surface area contributed by atoms with Crippen molar-refractivity contribution in [1.29, 1.82) is 0 Å². The third kappa shape index (κ3) is 3.03. The zero-order valence-electron chi connectivity index (χ0n) is 13.4. The third-order valence-electron chi connectivity index (χ3n) is 4.73. The van der Waals surface area contributed by atoms with Crippen molar-refractivity contribution >= 4 is 17.6 Å². The van der Waals surface area contributed by atoms with Crippen LogP contribution < -0.4 is 11.1 Å². The van der Waals surface area contributed by atoms with Crippen LogP contribution in [0, 0.1) is 11.2 Å². The second kappa shape index (κ2) is 5.60. The number of amidine groups is 1. The first-order valence-electron chi connectivity index (χ1n) is 7.74. The molecule has 25 heavy (non-hydrogen) atoms. The first kappa shape index (κ1) is 17.5. The minimum absolute atomic E-state index is 0.0819. The largest absolute Gasteiger partial charge is 0.465 e. The minimum Gasteiger partial charge on any atom is -0.465 e. The van der Waals surface area contributed by atoms with E-state index in [0.29, 0.717) is 6.42 Å². The fourth-order valence-electron chi connectivity index (χ4n) is 2.91. The van der Waals surface area contributed by atoms with Crippen LogP contribution in [-0.2, 0) is 15.1 Å². The quantitative estimate of drug-likeness (QED) is 0.815. The van der Waals surface area contributed by atoms with Crippen LogP contribution in [0.1, 0.15) is 31.7 Å². The zero-order valence-corrected chi connectivity index (χ0v) is 13.4. The van der Waals surface area contributed by atoms with E-state index in [2.05, 4.69) is 10.3 Å². The molecule has 9 heteroatoms. The standard InChI is InChI=1S/C16H17F4N3O2/c1-14(6-7-25-13(21)23-14)10-8-9(2-3-11(10)17)22-12(24)15(4-5-15)16(18,19)20/h2-3,8H,4-7H2,1H3,(H2,21,23)(H,22,24)/t14-/m0/s1. The van der Waals surface area contributed by atoms with Gasteiger partial charge < -0.3 is 15.8 Å². The van der Waals surface area contributed by atoms with Gasteiger partial charge in [0, 0.05) is 17.7 Å². The Bertz CT molecular complexity index is 743. The Hall–Kier alpha value is -2.32. The zero-order chi connectivity index (χ0) is 18.5. The topological polar surface area (TPSA) is 76.7 Å². The molecule has 1 aliphatic carbocycles.